The molecule has 0 saturated carbocycles. The summed E-state index contributed by atoms with van der Waals surface area (Å²) in [6, 6.07) is 17.6. The Morgan fingerprint density at radius 1 is 1.15 bits per heavy atom. The molecular weight excluding hydrogens is 268 g/mol. The lowest BCUT2D eigenvalue weighted by atomic mass is 10.2. The standard InChI is InChI=1S/C16H18N2OS/c1-18(11-13-6-5-7-14(17)10-13)16(19)12-20-15-8-3-2-4-9-15/h2-10H,11-12,17H2,1H3. The maximum absolute atomic E-state index is 12.1. The van der Waals surface area contributed by atoms with Crippen LogP contribution in [-0.2, 0) is 11.3 Å². The van der Waals surface area contributed by atoms with E-state index in [0.29, 0.717) is 12.3 Å². The van der Waals surface area contributed by atoms with Gasteiger partial charge in [-0.15, -0.1) is 11.8 Å². The van der Waals surface area contributed by atoms with Crippen molar-refractivity contribution in [2.75, 3.05) is 18.5 Å². The molecule has 0 heterocycles. The normalized spacial score (nSPS) is 10.2. The summed E-state index contributed by atoms with van der Waals surface area (Å²) in [5.41, 5.74) is 7.51. The summed E-state index contributed by atoms with van der Waals surface area (Å²) >= 11 is 1.55. The quantitative estimate of drug-likeness (QED) is 0.679. The number of hydrogen-bond acceptors (Lipinski definition) is 3. The number of nitrogen functional groups attached to an aromatic ring is 1. The Morgan fingerprint density at radius 3 is 2.60 bits per heavy atom. The minimum atomic E-state index is 0.112. The van der Waals surface area contributed by atoms with Gasteiger partial charge in [0.2, 0.25) is 5.91 Å². The van der Waals surface area contributed by atoms with E-state index in [1.165, 1.54) is 0 Å². The molecule has 20 heavy (non-hydrogen) atoms. The third-order valence-electron chi connectivity index (χ3n) is 2.90. The Morgan fingerprint density at radius 2 is 1.90 bits per heavy atom. The zero-order valence-corrected chi connectivity index (χ0v) is 12.3. The fourth-order valence-corrected chi connectivity index (χ4v) is 2.69. The molecule has 0 aliphatic carbocycles. The van der Waals surface area contributed by atoms with Gasteiger partial charge in [-0.25, -0.2) is 0 Å². The Labute approximate surface area is 123 Å². The number of benzene rings is 2. The SMILES string of the molecule is CN(Cc1cccc(N)c1)C(=O)CSc1ccccc1. The first-order valence-electron chi connectivity index (χ1n) is 6.41. The van der Waals surface area contributed by atoms with Crippen LogP contribution in [0.3, 0.4) is 0 Å². The van der Waals surface area contributed by atoms with Gasteiger partial charge in [0.1, 0.15) is 0 Å². The topological polar surface area (TPSA) is 46.3 Å². The molecule has 0 spiro atoms. The first-order chi connectivity index (χ1) is 9.65. The van der Waals surface area contributed by atoms with Crippen molar-refractivity contribution in [2.45, 2.75) is 11.4 Å². The molecule has 2 aromatic rings. The van der Waals surface area contributed by atoms with Crippen molar-refractivity contribution in [1.82, 2.24) is 4.90 Å². The van der Waals surface area contributed by atoms with Crippen molar-refractivity contribution in [3.05, 3.63) is 60.2 Å². The molecule has 104 valence electrons. The smallest absolute Gasteiger partial charge is 0.232 e. The maximum Gasteiger partial charge on any atom is 0.232 e. The van der Waals surface area contributed by atoms with Gasteiger partial charge in [-0.3, -0.25) is 4.79 Å². The van der Waals surface area contributed by atoms with Crippen molar-refractivity contribution in [3.8, 4) is 0 Å². The van der Waals surface area contributed by atoms with Gasteiger partial charge in [0.15, 0.2) is 0 Å². The van der Waals surface area contributed by atoms with Gasteiger partial charge in [-0.2, -0.15) is 0 Å². The molecule has 0 aliphatic heterocycles. The lowest BCUT2D eigenvalue weighted by Crippen LogP contribution is -2.27. The summed E-state index contributed by atoms with van der Waals surface area (Å²) in [6.45, 7) is 0.583. The number of nitrogens with two attached hydrogens (primary N) is 1. The zero-order valence-electron chi connectivity index (χ0n) is 11.5. The Bertz CT molecular complexity index is 572. The highest BCUT2D eigenvalue weighted by molar-refractivity contribution is 8.00. The average molecular weight is 286 g/mol. The predicted molar refractivity (Wildman–Crippen MR) is 84.5 cm³/mol. The number of carbonyl (C=O) groups is 1. The second-order valence-corrected chi connectivity index (χ2v) is 5.65. The van der Waals surface area contributed by atoms with E-state index in [1.807, 2.05) is 61.6 Å². The molecule has 0 aromatic heterocycles. The summed E-state index contributed by atoms with van der Waals surface area (Å²) in [5, 5.41) is 0. The monoisotopic (exact) mass is 286 g/mol. The van der Waals surface area contributed by atoms with Crippen LogP contribution in [0, 0.1) is 0 Å². The van der Waals surface area contributed by atoms with E-state index in [9.17, 15) is 4.79 Å². The number of amides is 1. The van der Waals surface area contributed by atoms with Gasteiger partial charge in [0, 0.05) is 24.2 Å². The number of thioether (sulfide) groups is 1. The molecule has 0 saturated heterocycles. The minimum absolute atomic E-state index is 0.112. The van der Waals surface area contributed by atoms with Crippen molar-refractivity contribution in [2.24, 2.45) is 0 Å². The number of rotatable bonds is 5. The molecule has 1 amide bonds. The van der Waals surface area contributed by atoms with Crippen LogP contribution in [-0.4, -0.2) is 23.6 Å². The van der Waals surface area contributed by atoms with E-state index in [4.69, 9.17) is 5.73 Å². The Hall–Kier alpha value is -1.94. The van der Waals surface area contributed by atoms with Crippen LogP contribution in [0.2, 0.25) is 0 Å². The third kappa shape index (κ3) is 4.31. The van der Waals surface area contributed by atoms with Crippen LogP contribution in [0.15, 0.2) is 59.5 Å². The van der Waals surface area contributed by atoms with Crippen molar-refractivity contribution in [3.63, 3.8) is 0 Å². The molecular formula is C16H18N2OS. The Kier molecular flexibility index (Phi) is 5.07. The number of hydrogen-bond donors (Lipinski definition) is 1. The van der Waals surface area contributed by atoms with Crippen LogP contribution in [0.5, 0.6) is 0 Å². The average Bonchev–Trinajstić information content (AvgIpc) is 2.46. The molecule has 2 aromatic carbocycles. The molecule has 0 aliphatic rings. The summed E-state index contributed by atoms with van der Waals surface area (Å²) in [6.07, 6.45) is 0. The van der Waals surface area contributed by atoms with E-state index >= 15 is 0 Å². The highest BCUT2D eigenvalue weighted by atomic mass is 32.2. The second-order valence-electron chi connectivity index (χ2n) is 4.60. The van der Waals surface area contributed by atoms with Crippen LogP contribution in [0.4, 0.5) is 5.69 Å². The highest BCUT2D eigenvalue weighted by Crippen LogP contribution is 2.17. The lowest BCUT2D eigenvalue weighted by molar-refractivity contribution is -0.127. The zero-order chi connectivity index (χ0) is 14.4. The molecule has 2 N–H and O–H groups in total. The first kappa shape index (κ1) is 14.5. The Balaban J connectivity index is 1.86. The van der Waals surface area contributed by atoms with E-state index < -0.39 is 0 Å². The third-order valence-corrected chi connectivity index (χ3v) is 3.90. The van der Waals surface area contributed by atoms with Crippen molar-refractivity contribution < 1.29 is 4.79 Å². The van der Waals surface area contributed by atoms with Crippen molar-refractivity contribution in [1.29, 1.82) is 0 Å². The van der Waals surface area contributed by atoms with Gasteiger partial charge in [-0.1, -0.05) is 30.3 Å². The number of anilines is 1. The second kappa shape index (κ2) is 7.01. The summed E-state index contributed by atoms with van der Waals surface area (Å²) in [7, 11) is 1.82. The molecule has 2 rings (SSSR count). The van der Waals surface area contributed by atoms with E-state index in [2.05, 4.69) is 0 Å². The first-order valence-corrected chi connectivity index (χ1v) is 7.40. The van der Waals surface area contributed by atoms with Crippen LogP contribution in [0.25, 0.3) is 0 Å². The van der Waals surface area contributed by atoms with Crippen molar-refractivity contribution >= 4 is 23.4 Å². The predicted octanol–water partition coefficient (Wildman–Crippen LogP) is 3.02. The van der Waals surface area contributed by atoms with Crippen LogP contribution < -0.4 is 5.73 Å². The van der Waals surface area contributed by atoms with Gasteiger partial charge in [-0.05, 0) is 29.8 Å². The van der Waals surface area contributed by atoms with Gasteiger partial charge >= 0.3 is 0 Å². The van der Waals surface area contributed by atoms with Gasteiger partial charge in [0.25, 0.3) is 0 Å². The molecule has 0 bridgehead atoms. The summed E-state index contributed by atoms with van der Waals surface area (Å²) in [5.74, 6) is 0.560. The molecule has 0 radical (unpaired) electrons. The molecule has 0 unspecified atom stereocenters. The number of nitrogens with zero attached hydrogens (tertiary/aromatic N) is 1. The van der Waals surface area contributed by atoms with Gasteiger partial charge < -0.3 is 10.6 Å². The van der Waals surface area contributed by atoms with E-state index in [1.54, 1.807) is 16.7 Å². The van der Waals surface area contributed by atoms with Crippen LogP contribution >= 0.6 is 11.8 Å². The van der Waals surface area contributed by atoms with Gasteiger partial charge in [0.05, 0.1) is 5.75 Å². The van der Waals surface area contributed by atoms with Crippen LogP contribution in [0.1, 0.15) is 5.56 Å². The molecule has 0 fully saturated rings. The largest absolute Gasteiger partial charge is 0.399 e. The lowest BCUT2D eigenvalue weighted by Gasteiger charge is -2.17. The molecule has 4 heteroatoms. The van der Waals surface area contributed by atoms with E-state index in [-0.39, 0.29) is 5.91 Å². The maximum atomic E-state index is 12.1. The minimum Gasteiger partial charge on any atom is -0.399 e. The molecule has 0 atom stereocenters. The highest BCUT2D eigenvalue weighted by Gasteiger charge is 2.09. The summed E-state index contributed by atoms with van der Waals surface area (Å²) in [4.78, 5) is 14.9. The summed E-state index contributed by atoms with van der Waals surface area (Å²) < 4.78 is 0. The van der Waals surface area contributed by atoms with E-state index in [0.717, 1.165) is 16.1 Å². The molecule has 3 nitrogen and oxygen atoms in total. The number of carbonyl (C=O) groups excluding carboxylic acids is 1. The fourth-order valence-electron chi connectivity index (χ4n) is 1.83. The fraction of sp³-hybridized carbons (Fsp3) is 0.188.